The lowest BCUT2D eigenvalue weighted by atomic mass is 10.1. The molecule has 0 bridgehead atoms. The van der Waals surface area contributed by atoms with Crippen molar-refractivity contribution in [3.05, 3.63) is 79.5 Å². The first-order valence-electron chi connectivity index (χ1n) is 9.40. The first kappa shape index (κ1) is 18.1. The Morgan fingerprint density at radius 3 is 2.43 bits per heavy atom. The summed E-state index contributed by atoms with van der Waals surface area (Å²) < 4.78 is 1.95. The number of nitrogens with zero attached hydrogens (tertiary/aromatic N) is 3. The first-order chi connectivity index (χ1) is 13.4. The fraction of sp³-hybridized carbons (Fsp3) is 0.273. The van der Waals surface area contributed by atoms with Crippen molar-refractivity contribution in [2.75, 3.05) is 0 Å². The quantitative estimate of drug-likeness (QED) is 0.557. The van der Waals surface area contributed by atoms with Crippen LogP contribution >= 0.6 is 0 Å². The van der Waals surface area contributed by atoms with Gasteiger partial charge in [-0.1, -0.05) is 29.8 Å². The molecule has 6 heteroatoms. The van der Waals surface area contributed by atoms with Crippen LogP contribution in [0.3, 0.4) is 0 Å². The average Bonchev–Trinajstić information content (AvgIpc) is 2.65. The van der Waals surface area contributed by atoms with Crippen molar-refractivity contribution in [2.45, 2.75) is 40.2 Å². The van der Waals surface area contributed by atoms with Crippen LogP contribution in [0.25, 0.3) is 22.6 Å². The number of aryl methyl sites for hydroxylation is 5. The predicted molar refractivity (Wildman–Crippen MR) is 110 cm³/mol. The molecule has 0 unspecified atom stereocenters. The minimum absolute atomic E-state index is 0.200. The van der Waals surface area contributed by atoms with Crippen LogP contribution in [0.5, 0.6) is 0 Å². The van der Waals surface area contributed by atoms with Crippen molar-refractivity contribution in [1.82, 2.24) is 19.5 Å². The van der Waals surface area contributed by atoms with Crippen molar-refractivity contribution < 1.29 is 0 Å². The van der Waals surface area contributed by atoms with Gasteiger partial charge in [0.25, 0.3) is 5.56 Å². The second-order valence-electron chi connectivity index (χ2n) is 7.32. The molecule has 0 saturated heterocycles. The zero-order valence-corrected chi connectivity index (χ0v) is 16.2. The molecule has 142 valence electrons. The molecule has 0 spiro atoms. The van der Waals surface area contributed by atoms with Gasteiger partial charge < -0.3 is 4.57 Å². The molecule has 2 aromatic rings. The second kappa shape index (κ2) is 7.03. The molecule has 0 radical (unpaired) electrons. The molecule has 2 heterocycles. The maximum atomic E-state index is 12.3. The summed E-state index contributed by atoms with van der Waals surface area (Å²) in [7, 11) is 0. The topological polar surface area (TPSA) is 80.6 Å². The molecular formula is C22H22N4O2. The van der Waals surface area contributed by atoms with Gasteiger partial charge in [0.05, 0.1) is 11.0 Å². The largest absolute Gasteiger partial charge is 0.349 e. The maximum absolute atomic E-state index is 12.3. The molecule has 2 aromatic carbocycles. The summed E-state index contributed by atoms with van der Waals surface area (Å²) in [6.07, 6.45) is 1.76. The fourth-order valence-electron chi connectivity index (χ4n) is 3.47. The minimum Gasteiger partial charge on any atom is -0.322 e. The third-order valence-electron chi connectivity index (χ3n) is 5.19. The highest BCUT2D eigenvalue weighted by molar-refractivity contribution is 5.81. The zero-order valence-electron chi connectivity index (χ0n) is 16.2. The number of nitrogens with one attached hydrogen (secondary N) is 1. The highest BCUT2D eigenvalue weighted by atomic mass is 16.2. The van der Waals surface area contributed by atoms with Gasteiger partial charge in [0, 0.05) is 6.54 Å². The lowest BCUT2D eigenvalue weighted by Crippen LogP contribution is -2.29. The van der Waals surface area contributed by atoms with E-state index in [1.807, 2.05) is 24.5 Å². The Labute approximate surface area is 162 Å². The van der Waals surface area contributed by atoms with Gasteiger partial charge >= 0.3 is 5.69 Å². The summed E-state index contributed by atoms with van der Waals surface area (Å²) in [5, 5.41) is 0. The van der Waals surface area contributed by atoms with E-state index in [2.05, 4.69) is 52.2 Å². The summed E-state index contributed by atoms with van der Waals surface area (Å²) in [5.41, 5.74) is 5.41. The highest BCUT2D eigenvalue weighted by Gasteiger charge is 2.19. The Kier molecular flexibility index (Phi) is 4.55. The SMILES string of the molecule is Cc1ccc(CCCn2c3nc(=O)[nH]c(=O)c-3nc3cc(C)c(C)cc32)cc1. The Hall–Kier alpha value is -3.28. The van der Waals surface area contributed by atoms with Crippen LogP contribution in [0.15, 0.2) is 46.0 Å². The number of hydrogen-bond donors (Lipinski definition) is 1. The standard InChI is InChI=1S/C22H22N4O2/c1-13-6-8-16(9-7-13)5-4-10-26-18-12-15(3)14(2)11-17(18)23-19-20(26)24-22(28)25-21(19)27/h6-9,11-12H,4-5,10H2,1-3H3,(H,25,27,28). The van der Waals surface area contributed by atoms with Gasteiger partial charge in [-0.05, 0) is 62.4 Å². The molecule has 0 atom stereocenters. The van der Waals surface area contributed by atoms with Gasteiger partial charge in [-0.3, -0.25) is 9.78 Å². The van der Waals surface area contributed by atoms with Crippen LogP contribution in [0.1, 0.15) is 28.7 Å². The number of rotatable bonds is 4. The number of aromatic nitrogens is 4. The van der Waals surface area contributed by atoms with Gasteiger partial charge in [0.15, 0.2) is 11.5 Å². The molecule has 1 N–H and O–H groups in total. The highest BCUT2D eigenvalue weighted by Crippen LogP contribution is 2.24. The van der Waals surface area contributed by atoms with E-state index in [1.165, 1.54) is 11.1 Å². The summed E-state index contributed by atoms with van der Waals surface area (Å²) in [6, 6.07) is 12.5. The van der Waals surface area contributed by atoms with Gasteiger partial charge in [-0.15, -0.1) is 0 Å². The number of fused-ring (bicyclic) bond motifs is 2. The number of H-pyrrole nitrogens is 1. The molecule has 2 aliphatic rings. The molecule has 28 heavy (non-hydrogen) atoms. The molecule has 0 amide bonds. The molecule has 0 aromatic heterocycles. The van der Waals surface area contributed by atoms with Gasteiger partial charge in [-0.2, -0.15) is 4.98 Å². The van der Waals surface area contributed by atoms with Crippen LogP contribution in [-0.4, -0.2) is 19.5 Å². The van der Waals surface area contributed by atoms with Crippen molar-refractivity contribution >= 4 is 11.0 Å². The lowest BCUT2D eigenvalue weighted by Gasteiger charge is -2.17. The van der Waals surface area contributed by atoms with Crippen molar-refractivity contribution in [2.24, 2.45) is 0 Å². The van der Waals surface area contributed by atoms with E-state index in [9.17, 15) is 9.59 Å². The molecular weight excluding hydrogens is 352 g/mol. The van der Waals surface area contributed by atoms with Gasteiger partial charge in [0.1, 0.15) is 0 Å². The Bertz CT molecular complexity index is 1250. The van der Waals surface area contributed by atoms with Crippen LogP contribution in [0, 0.1) is 20.8 Å². The van der Waals surface area contributed by atoms with E-state index in [0.29, 0.717) is 12.4 Å². The second-order valence-corrected chi connectivity index (χ2v) is 7.32. The molecule has 2 aliphatic heterocycles. The summed E-state index contributed by atoms with van der Waals surface area (Å²) >= 11 is 0. The third-order valence-corrected chi connectivity index (χ3v) is 5.19. The normalized spacial score (nSPS) is 11.4. The van der Waals surface area contributed by atoms with Crippen molar-refractivity contribution in [1.29, 1.82) is 0 Å². The van der Waals surface area contributed by atoms with Crippen LogP contribution in [0.2, 0.25) is 0 Å². The predicted octanol–water partition coefficient (Wildman–Crippen LogP) is 3.14. The zero-order chi connectivity index (χ0) is 19.8. The van der Waals surface area contributed by atoms with Crippen LogP contribution in [-0.2, 0) is 13.0 Å². The van der Waals surface area contributed by atoms with Crippen molar-refractivity contribution in [3.63, 3.8) is 0 Å². The van der Waals surface area contributed by atoms with Crippen LogP contribution in [0.4, 0.5) is 0 Å². The molecule has 0 aliphatic carbocycles. The van der Waals surface area contributed by atoms with E-state index in [0.717, 1.165) is 35.0 Å². The maximum Gasteiger partial charge on any atom is 0.349 e. The molecule has 6 nitrogen and oxygen atoms in total. The summed E-state index contributed by atoms with van der Waals surface area (Å²) in [6.45, 7) is 6.77. The van der Waals surface area contributed by atoms with E-state index < -0.39 is 11.2 Å². The number of benzene rings is 2. The minimum atomic E-state index is -0.644. The summed E-state index contributed by atoms with van der Waals surface area (Å²) in [4.78, 5) is 34.9. The Balaban J connectivity index is 1.81. The van der Waals surface area contributed by atoms with Gasteiger partial charge in [-0.25, -0.2) is 9.78 Å². The summed E-state index contributed by atoms with van der Waals surface area (Å²) in [5.74, 6) is 0.341. The molecule has 4 rings (SSSR count). The Morgan fingerprint density at radius 1 is 0.964 bits per heavy atom. The lowest BCUT2D eigenvalue weighted by molar-refractivity contribution is 0.648. The van der Waals surface area contributed by atoms with E-state index in [1.54, 1.807) is 0 Å². The number of hydrogen-bond acceptors (Lipinski definition) is 4. The first-order valence-corrected chi connectivity index (χ1v) is 9.40. The molecule has 0 fully saturated rings. The van der Waals surface area contributed by atoms with E-state index in [4.69, 9.17) is 0 Å². The molecule has 0 saturated carbocycles. The average molecular weight is 374 g/mol. The third kappa shape index (κ3) is 3.33. The number of aromatic amines is 1. The van der Waals surface area contributed by atoms with E-state index in [-0.39, 0.29) is 5.69 Å². The van der Waals surface area contributed by atoms with Crippen molar-refractivity contribution in [3.8, 4) is 11.5 Å². The smallest absolute Gasteiger partial charge is 0.322 e. The van der Waals surface area contributed by atoms with Crippen LogP contribution < -0.4 is 11.2 Å². The van der Waals surface area contributed by atoms with E-state index >= 15 is 0 Å². The Morgan fingerprint density at radius 2 is 1.68 bits per heavy atom. The van der Waals surface area contributed by atoms with Gasteiger partial charge in [0.2, 0.25) is 0 Å². The fourth-order valence-corrected chi connectivity index (χ4v) is 3.47. The monoisotopic (exact) mass is 374 g/mol.